The lowest BCUT2D eigenvalue weighted by Gasteiger charge is -2.20. The van der Waals surface area contributed by atoms with Crippen LogP contribution >= 0.6 is 11.6 Å². The lowest BCUT2D eigenvalue weighted by atomic mass is 10.2. The van der Waals surface area contributed by atoms with Crippen LogP contribution in [0.4, 0.5) is 0 Å². The Kier molecular flexibility index (Phi) is 3.85. The van der Waals surface area contributed by atoms with Gasteiger partial charge in [0, 0.05) is 17.8 Å². The zero-order valence-electron chi connectivity index (χ0n) is 11.6. The maximum atomic E-state index is 12.4. The number of carbonyl (C=O) groups excluding carboxylic acids is 1. The molecule has 114 valence electrons. The molecule has 0 radical (unpaired) electrons. The van der Waals surface area contributed by atoms with E-state index in [0.29, 0.717) is 24.4 Å². The predicted molar refractivity (Wildman–Crippen MR) is 80.3 cm³/mol. The van der Waals surface area contributed by atoms with Gasteiger partial charge in [-0.1, -0.05) is 17.7 Å². The second-order valence-corrected chi connectivity index (χ2v) is 5.56. The number of benzene rings is 1. The Balaban J connectivity index is 1.84. The smallest absolute Gasteiger partial charge is 0.326 e. The van der Waals surface area contributed by atoms with Crippen LogP contribution in [0.3, 0.4) is 0 Å². The number of aromatic nitrogens is 2. The molecule has 0 unspecified atom stereocenters. The van der Waals surface area contributed by atoms with Crippen molar-refractivity contribution in [2.75, 3.05) is 6.54 Å². The molecule has 1 aliphatic rings. The van der Waals surface area contributed by atoms with E-state index < -0.39 is 12.0 Å². The van der Waals surface area contributed by atoms with Gasteiger partial charge in [-0.05, 0) is 37.1 Å². The van der Waals surface area contributed by atoms with Crippen LogP contribution in [-0.2, 0) is 4.79 Å². The maximum Gasteiger partial charge on any atom is 0.326 e. The van der Waals surface area contributed by atoms with Gasteiger partial charge in [0.2, 0.25) is 0 Å². The number of carboxylic acids is 1. The van der Waals surface area contributed by atoms with Gasteiger partial charge in [-0.3, -0.25) is 4.79 Å². The first kappa shape index (κ1) is 14.6. The van der Waals surface area contributed by atoms with Crippen LogP contribution in [0.5, 0.6) is 0 Å². The molecule has 0 bridgehead atoms. The minimum Gasteiger partial charge on any atom is -0.480 e. The zero-order chi connectivity index (χ0) is 15.7. The maximum absolute atomic E-state index is 12.4. The first-order valence-corrected chi connectivity index (χ1v) is 7.29. The van der Waals surface area contributed by atoms with Crippen LogP contribution < -0.4 is 0 Å². The molecule has 0 aliphatic carbocycles. The standard InChI is InChI=1S/C15H14ClN3O3/c16-10-3-1-4-11(9-10)19-8-6-12(17-19)14(20)18-7-2-5-13(18)15(21)22/h1,3-4,6,8-9,13H,2,5,7H2,(H,21,22)/t13-/m0/s1. The Hall–Kier alpha value is -2.34. The van der Waals surface area contributed by atoms with Gasteiger partial charge in [-0.2, -0.15) is 5.10 Å². The van der Waals surface area contributed by atoms with Crippen molar-refractivity contribution < 1.29 is 14.7 Å². The molecule has 2 aromatic rings. The Bertz CT molecular complexity index is 728. The summed E-state index contributed by atoms with van der Waals surface area (Å²) in [6.45, 7) is 0.444. The van der Waals surface area contributed by atoms with E-state index in [1.54, 1.807) is 35.1 Å². The van der Waals surface area contributed by atoms with Gasteiger partial charge in [-0.15, -0.1) is 0 Å². The van der Waals surface area contributed by atoms with Gasteiger partial charge in [-0.25, -0.2) is 9.48 Å². The molecular formula is C15H14ClN3O3. The molecule has 2 heterocycles. The van der Waals surface area contributed by atoms with Gasteiger partial charge >= 0.3 is 5.97 Å². The fourth-order valence-corrected chi connectivity index (χ4v) is 2.80. The largest absolute Gasteiger partial charge is 0.480 e. The van der Waals surface area contributed by atoms with Crippen molar-refractivity contribution in [2.24, 2.45) is 0 Å². The van der Waals surface area contributed by atoms with E-state index in [9.17, 15) is 9.59 Å². The van der Waals surface area contributed by atoms with Crippen molar-refractivity contribution in [1.29, 1.82) is 0 Å². The van der Waals surface area contributed by atoms with Crippen molar-refractivity contribution in [3.8, 4) is 5.69 Å². The molecule has 3 rings (SSSR count). The van der Waals surface area contributed by atoms with Crippen molar-refractivity contribution in [1.82, 2.24) is 14.7 Å². The third kappa shape index (κ3) is 2.69. The number of halogens is 1. The molecule has 0 saturated carbocycles. The summed E-state index contributed by atoms with van der Waals surface area (Å²) >= 11 is 5.94. The molecule has 22 heavy (non-hydrogen) atoms. The highest BCUT2D eigenvalue weighted by molar-refractivity contribution is 6.30. The van der Waals surface area contributed by atoms with Crippen LogP contribution in [0.1, 0.15) is 23.3 Å². The highest BCUT2D eigenvalue weighted by Crippen LogP contribution is 2.20. The number of nitrogens with zero attached hydrogens (tertiary/aromatic N) is 3. The third-order valence-corrected chi connectivity index (χ3v) is 3.91. The van der Waals surface area contributed by atoms with Gasteiger partial charge in [0.05, 0.1) is 5.69 Å². The van der Waals surface area contributed by atoms with E-state index in [1.165, 1.54) is 4.90 Å². The molecule has 1 aliphatic heterocycles. The molecule has 0 spiro atoms. The van der Waals surface area contributed by atoms with E-state index in [4.69, 9.17) is 16.7 Å². The molecule has 1 aromatic heterocycles. The number of aliphatic carboxylic acids is 1. The second-order valence-electron chi connectivity index (χ2n) is 5.12. The molecule has 1 fully saturated rings. The topological polar surface area (TPSA) is 75.4 Å². The SMILES string of the molecule is O=C(O)[C@@H]1CCCN1C(=O)c1ccn(-c2cccc(Cl)c2)n1. The Morgan fingerprint density at radius 3 is 2.86 bits per heavy atom. The molecule has 1 aromatic carbocycles. The van der Waals surface area contributed by atoms with Crippen LogP contribution in [-0.4, -0.2) is 44.3 Å². The van der Waals surface area contributed by atoms with Crippen LogP contribution in [0.15, 0.2) is 36.5 Å². The summed E-state index contributed by atoms with van der Waals surface area (Å²) in [5.74, 6) is -1.33. The summed E-state index contributed by atoms with van der Waals surface area (Å²) in [7, 11) is 0. The number of rotatable bonds is 3. The summed E-state index contributed by atoms with van der Waals surface area (Å²) in [4.78, 5) is 25.0. The van der Waals surface area contributed by atoms with Crippen LogP contribution in [0.25, 0.3) is 5.69 Å². The van der Waals surface area contributed by atoms with E-state index >= 15 is 0 Å². The summed E-state index contributed by atoms with van der Waals surface area (Å²) in [6.07, 6.45) is 2.83. The molecule has 1 atom stereocenters. The summed E-state index contributed by atoms with van der Waals surface area (Å²) in [6, 6.07) is 7.93. The van der Waals surface area contributed by atoms with Gasteiger partial charge < -0.3 is 10.0 Å². The quantitative estimate of drug-likeness (QED) is 0.941. The Morgan fingerprint density at radius 1 is 1.32 bits per heavy atom. The van der Waals surface area contributed by atoms with Gasteiger partial charge in [0.25, 0.3) is 5.91 Å². The number of amides is 1. The van der Waals surface area contributed by atoms with E-state index in [0.717, 1.165) is 5.69 Å². The van der Waals surface area contributed by atoms with Crippen LogP contribution in [0.2, 0.25) is 5.02 Å². The molecule has 1 N–H and O–H groups in total. The lowest BCUT2D eigenvalue weighted by molar-refractivity contribution is -0.141. The third-order valence-electron chi connectivity index (χ3n) is 3.68. The minimum absolute atomic E-state index is 0.230. The normalized spacial score (nSPS) is 17.7. The van der Waals surface area contributed by atoms with Crippen molar-refractivity contribution in [3.05, 3.63) is 47.2 Å². The van der Waals surface area contributed by atoms with Crippen LogP contribution in [0, 0.1) is 0 Å². The number of likely N-dealkylation sites (tertiary alicyclic amines) is 1. The fourth-order valence-electron chi connectivity index (χ4n) is 2.61. The molecule has 1 amide bonds. The summed E-state index contributed by atoms with van der Waals surface area (Å²) in [5, 5.41) is 14.0. The molecule has 6 nitrogen and oxygen atoms in total. The predicted octanol–water partition coefficient (Wildman–Crippen LogP) is 2.21. The van der Waals surface area contributed by atoms with Crippen molar-refractivity contribution in [2.45, 2.75) is 18.9 Å². The van der Waals surface area contributed by atoms with E-state index in [2.05, 4.69) is 5.10 Å². The molecule has 7 heteroatoms. The highest BCUT2D eigenvalue weighted by atomic mass is 35.5. The minimum atomic E-state index is -0.972. The molecule has 1 saturated heterocycles. The number of carbonyl (C=O) groups is 2. The van der Waals surface area contributed by atoms with Gasteiger partial charge in [0.15, 0.2) is 5.69 Å². The lowest BCUT2D eigenvalue weighted by Crippen LogP contribution is -2.40. The van der Waals surface area contributed by atoms with Crippen molar-refractivity contribution in [3.63, 3.8) is 0 Å². The summed E-state index contributed by atoms with van der Waals surface area (Å²) < 4.78 is 1.55. The highest BCUT2D eigenvalue weighted by Gasteiger charge is 2.35. The van der Waals surface area contributed by atoms with E-state index in [-0.39, 0.29) is 11.6 Å². The van der Waals surface area contributed by atoms with Crippen molar-refractivity contribution >= 4 is 23.5 Å². The number of hydrogen-bond acceptors (Lipinski definition) is 3. The average molecular weight is 320 g/mol. The summed E-state index contributed by atoms with van der Waals surface area (Å²) in [5.41, 5.74) is 0.968. The second kappa shape index (κ2) is 5.81. The van der Waals surface area contributed by atoms with E-state index in [1.807, 2.05) is 6.07 Å². The number of carboxylic acid groups (broad SMARTS) is 1. The zero-order valence-corrected chi connectivity index (χ0v) is 12.4. The average Bonchev–Trinajstić information content (AvgIpc) is 3.16. The fraction of sp³-hybridized carbons (Fsp3) is 0.267. The number of hydrogen-bond donors (Lipinski definition) is 1. The molecular weight excluding hydrogens is 306 g/mol. The Labute approximate surface area is 131 Å². The monoisotopic (exact) mass is 319 g/mol. The van der Waals surface area contributed by atoms with Gasteiger partial charge in [0.1, 0.15) is 6.04 Å². The first-order chi connectivity index (χ1) is 10.6. The first-order valence-electron chi connectivity index (χ1n) is 6.91. The Morgan fingerprint density at radius 2 is 2.14 bits per heavy atom.